The molecule has 0 amide bonds. The summed E-state index contributed by atoms with van der Waals surface area (Å²) in [5.41, 5.74) is -1.48. The lowest BCUT2D eigenvalue weighted by atomic mass is 10.1. The van der Waals surface area contributed by atoms with Gasteiger partial charge in [-0.25, -0.2) is 13.2 Å². The molecule has 1 fully saturated rings. The Hall–Kier alpha value is -1.92. The molecular weight excluding hydrogens is 296 g/mol. The van der Waals surface area contributed by atoms with Crippen LogP contribution in [0.4, 0.5) is 0 Å². The fourth-order valence-corrected chi connectivity index (χ4v) is 4.16. The molecule has 1 atom stereocenters. The second kappa shape index (κ2) is 5.46. The highest BCUT2D eigenvalue weighted by molar-refractivity contribution is 7.89. The molecule has 1 aromatic rings. The van der Waals surface area contributed by atoms with Crippen LogP contribution in [0.15, 0.2) is 20.7 Å². The summed E-state index contributed by atoms with van der Waals surface area (Å²) in [6.07, 6.45) is 2.88. The first-order valence-electron chi connectivity index (χ1n) is 6.49. The lowest BCUT2D eigenvalue weighted by molar-refractivity contribution is 0.296. The number of sulfonamides is 1. The van der Waals surface area contributed by atoms with Gasteiger partial charge in [-0.05, 0) is 19.3 Å². The van der Waals surface area contributed by atoms with Crippen molar-refractivity contribution in [1.29, 1.82) is 5.26 Å². The first-order chi connectivity index (χ1) is 9.80. The second-order valence-electron chi connectivity index (χ2n) is 5.01. The van der Waals surface area contributed by atoms with E-state index in [9.17, 15) is 18.0 Å². The van der Waals surface area contributed by atoms with Crippen LogP contribution in [-0.4, -0.2) is 34.4 Å². The molecule has 0 N–H and O–H groups in total. The third-order valence-corrected chi connectivity index (χ3v) is 5.49. The summed E-state index contributed by atoms with van der Waals surface area (Å²) < 4.78 is 28.1. The van der Waals surface area contributed by atoms with Crippen LogP contribution >= 0.6 is 0 Å². The number of nitrogens with zero attached hydrogens (tertiary/aromatic N) is 4. The van der Waals surface area contributed by atoms with E-state index >= 15 is 0 Å². The highest BCUT2D eigenvalue weighted by Crippen LogP contribution is 2.23. The molecule has 21 heavy (non-hydrogen) atoms. The van der Waals surface area contributed by atoms with E-state index in [2.05, 4.69) is 0 Å². The molecule has 0 aromatic carbocycles. The molecule has 0 radical (unpaired) electrons. The Labute approximate surface area is 121 Å². The molecule has 2 rings (SSSR count). The fraction of sp³-hybridized carbons (Fsp3) is 0.583. The summed E-state index contributed by atoms with van der Waals surface area (Å²) in [5, 5.41) is 9.10. The molecule has 2 heterocycles. The lowest BCUT2D eigenvalue weighted by Crippen LogP contribution is -2.47. The van der Waals surface area contributed by atoms with Gasteiger partial charge in [-0.15, -0.1) is 0 Å². The Morgan fingerprint density at radius 2 is 1.95 bits per heavy atom. The van der Waals surface area contributed by atoms with Crippen LogP contribution in [0.2, 0.25) is 0 Å². The predicted molar refractivity (Wildman–Crippen MR) is 74.1 cm³/mol. The van der Waals surface area contributed by atoms with Gasteiger partial charge < -0.3 is 4.57 Å². The Balaban J connectivity index is 2.63. The second-order valence-corrected chi connectivity index (χ2v) is 6.87. The maximum Gasteiger partial charge on any atom is 0.330 e. The molecule has 114 valence electrons. The summed E-state index contributed by atoms with van der Waals surface area (Å²) in [6, 6.07) is 1.19. The molecule has 0 spiro atoms. The predicted octanol–water partition coefficient (Wildman–Crippen LogP) is -0.849. The summed E-state index contributed by atoms with van der Waals surface area (Å²) in [7, 11) is -1.50. The molecule has 1 saturated heterocycles. The van der Waals surface area contributed by atoms with Gasteiger partial charge in [0.25, 0.3) is 15.6 Å². The smallest absolute Gasteiger partial charge is 0.302 e. The Morgan fingerprint density at radius 3 is 2.57 bits per heavy atom. The van der Waals surface area contributed by atoms with Crippen LogP contribution in [0, 0.1) is 11.3 Å². The first-order valence-corrected chi connectivity index (χ1v) is 7.93. The van der Waals surface area contributed by atoms with E-state index in [1.54, 1.807) is 0 Å². The molecule has 1 aromatic heterocycles. The van der Waals surface area contributed by atoms with Gasteiger partial charge in [-0.2, -0.15) is 9.57 Å². The van der Waals surface area contributed by atoms with Gasteiger partial charge in [0.05, 0.1) is 6.07 Å². The minimum absolute atomic E-state index is 0.201. The standard InChI is InChI=1S/C12H16N4O4S/c1-14-8-10(11(17)15(2)12(14)18)21(19,20)16-6-4-3-5-9(16)7-13/h8-9H,3-6H2,1-2H3. The van der Waals surface area contributed by atoms with Crippen LogP contribution in [0.25, 0.3) is 0 Å². The van der Waals surface area contributed by atoms with E-state index in [1.807, 2.05) is 6.07 Å². The largest absolute Gasteiger partial charge is 0.330 e. The molecule has 0 aliphatic carbocycles. The van der Waals surface area contributed by atoms with Crippen molar-refractivity contribution >= 4 is 10.0 Å². The average Bonchev–Trinajstić information content (AvgIpc) is 2.48. The minimum atomic E-state index is -4.10. The van der Waals surface area contributed by atoms with E-state index in [4.69, 9.17) is 5.26 Å². The molecule has 1 aliphatic heterocycles. The normalized spacial score (nSPS) is 20.1. The molecule has 1 aliphatic rings. The molecule has 8 nitrogen and oxygen atoms in total. The van der Waals surface area contributed by atoms with Crippen LogP contribution in [0.3, 0.4) is 0 Å². The Morgan fingerprint density at radius 1 is 1.29 bits per heavy atom. The van der Waals surface area contributed by atoms with E-state index in [-0.39, 0.29) is 6.54 Å². The van der Waals surface area contributed by atoms with Crippen molar-refractivity contribution in [3.8, 4) is 6.07 Å². The lowest BCUT2D eigenvalue weighted by Gasteiger charge is -2.30. The van der Waals surface area contributed by atoms with Crippen molar-refractivity contribution in [3.05, 3.63) is 27.0 Å². The summed E-state index contributed by atoms with van der Waals surface area (Å²) >= 11 is 0. The quantitative estimate of drug-likeness (QED) is 0.707. The minimum Gasteiger partial charge on any atom is -0.302 e. The molecule has 9 heteroatoms. The van der Waals surface area contributed by atoms with Gasteiger partial charge in [0.15, 0.2) is 4.90 Å². The van der Waals surface area contributed by atoms with Gasteiger partial charge in [0.1, 0.15) is 6.04 Å². The van der Waals surface area contributed by atoms with Gasteiger partial charge in [-0.3, -0.25) is 9.36 Å². The summed E-state index contributed by atoms with van der Waals surface area (Å²) in [4.78, 5) is 23.2. The zero-order chi connectivity index (χ0) is 15.8. The van der Waals surface area contributed by atoms with E-state index < -0.39 is 32.2 Å². The summed E-state index contributed by atoms with van der Waals surface area (Å²) in [5.74, 6) is 0. The third kappa shape index (κ3) is 2.52. The molecule has 0 bridgehead atoms. The highest BCUT2D eigenvalue weighted by atomic mass is 32.2. The number of piperidine rings is 1. The number of aromatic nitrogens is 2. The van der Waals surface area contributed by atoms with Crippen molar-refractivity contribution in [2.45, 2.75) is 30.2 Å². The SMILES string of the molecule is Cn1cc(S(=O)(=O)N2CCCCC2C#N)c(=O)n(C)c1=O. The third-order valence-electron chi connectivity index (χ3n) is 3.60. The highest BCUT2D eigenvalue weighted by Gasteiger charge is 2.35. The Kier molecular flexibility index (Phi) is 4.02. The molecule has 1 unspecified atom stereocenters. The van der Waals surface area contributed by atoms with Crippen LogP contribution in [0.5, 0.6) is 0 Å². The average molecular weight is 312 g/mol. The molecular formula is C12H16N4O4S. The van der Waals surface area contributed by atoms with Crippen molar-refractivity contribution in [1.82, 2.24) is 13.4 Å². The van der Waals surface area contributed by atoms with Crippen molar-refractivity contribution in [2.75, 3.05) is 6.54 Å². The molecule has 0 saturated carbocycles. The number of hydrogen-bond acceptors (Lipinski definition) is 5. The first kappa shape index (κ1) is 15.5. The number of hydrogen-bond donors (Lipinski definition) is 0. The monoisotopic (exact) mass is 312 g/mol. The van der Waals surface area contributed by atoms with Gasteiger partial charge >= 0.3 is 5.69 Å². The summed E-state index contributed by atoms with van der Waals surface area (Å²) in [6.45, 7) is 0.201. The van der Waals surface area contributed by atoms with E-state index in [1.165, 1.54) is 14.1 Å². The fourth-order valence-electron chi connectivity index (χ4n) is 2.40. The maximum absolute atomic E-state index is 12.6. The van der Waals surface area contributed by atoms with E-state index in [0.29, 0.717) is 12.8 Å². The van der Waals surface area contributed by atoms with Gasteiger partial charge in [-0.1, -0.05) is 0 Å². The number of nitriles is 1. The van der Waals surface area contributed by atoms with Gasteiger partial charge in [0, 0.05) is 26.8 Å². The van der Waals surface area contributed by atoms with Crippen LogP contribution in [0.1, 0.15) is 19.3 Å². The van der Waals surface area contributed by atoms with Crippen molar-refractivity contribution in [3.63, 3.8) is 0 Å². The number of rotatable bonds is 2. The topological polar surface area (TPSA) is 105 Å². The zero-order valence-electron chi connectivity index (χ0n) is 11.8. The van der Waals surface area contributed by atoms with Gasteiger partial charge in [0.2, 0.25) is 0 Å². The van der Waals surface area contributed by atoms with Crippen molar-refractivity contribution < 1.29 is 8.42 Å². The number of aryl methyl sites for hydroxylation is 1. The van der Waals surface area contributed by atoms with Crippen molar-refractivity contribution in [2.24, 2.45) is 14.1 Å². The van der Waals surface area contributed by atoms with E-state index in [0.717, 1.165) is 26.1 Å². The van der Waals surface area contributed by atoms with Crippen LogP contribution in [-0.2, 0) is 24.1 Å². The zero-order valence-corrected chi connectivity index (χ0v) is 12.6. The Bertz CT molecular complexity index is 815. The van der Waals surface area contributed by atoms with Crippen LogP contribution < -0.4 is 11.2 Å². The maximum atomic E-state index is 12.6.